The van der Waals surface area contributed by atoms with Gasteiger partial charge in [0.05, 0.1) is 35.7 Å². The number of carbonyl (C=O) groups excluding carboxylic acids is 2. The Kier molecular flexibility index (Phi) is 11.2. The van der Waals surface area contributed by atoms with Gasteiger partial charge >= 0.3 is 0 Å². The molecular weight excluding hydrogens is 675 g/mol. The van der Waals surface area contributed by atoms with Crippen molar-refractivity contribution < 1.29 is 19.1 Å². The van der Waals surface area contributed by atoms with Gasteiger partial charge in [-0.1, -0.05) is 71.7 Å². The van der Waals surface area contributed by atoms with Crippen LogP contribution < -0.4 is 20.1 Å². The molecule has 2 aromatic carbocycles. The van der Waals surface area contributed by atoms with E-state index < -0.39 is 0 Å². The number of pyridine rings is 2. The van der Waals surface area contributed by atoms with Crippen molar-refractivity contribution in [3.05, 3.63) is 81.8 Å². The Bertz CT molecular complexity index is 1750. The van der Waals surface area contributed by atoms with Gasteiger partial charge in [0.1, 0.15) is 0 Å². The second-order valence-corrected chi connectivity index (χ2v) is 13.7. The standard InChI is InChI=1S/C38H42Cl2N6O4/c1-23(47)41-27-15-17-45(21-27)19-25-11-13-33(43-37(25)49-3)31-9-5-7-29(35(31)39)30-8-6-10-32(36(30)40)34-14-12-26(38(44-34)50-4)20-46-18-16-28(22-46)42-24(2)48/h5-14,27-28H,15-22H2,1-4H3,(H,41,47)(H,42,48). The molecule has 2 fully saturated rings. The molecule has 4 aromatic rings. The molecule has 0 aliphatic carbocycles. The molecule has 4 heterocycles. The lowest BCUT2D eigenvalue weighted by molar-refractivity contribution is -0.120. The van der Waals surface area contributed by atoms with Gasteiger partial charge in [-0.05, 0) is 25.0 Å². The van der Waals surface area contributed by atoms with E-state index in [0.717, 1.165) is 72.4 Å². The van der Waals surface area contributed by atoms with Crippen LogP contribution in [-0.4, -0.2) is 84.1 Å². The van der Waals surface area contributed by atoms with Crippen LogP contribution in [0.3, 0.4) is 0 Å². The summed E-state index contributed by atoms with van der Waals surface area (Å²) in [5.41, 5.74) is 6.36. The molecule has 262 valence electrons. The third-order valence-electron chi connectivity index (χ3n) is 9.25. The molecule has 2 amide bonds. The molecule has 0 radical (unpaired) electrons. The number of hydrogen-bond acceptors (Lipinski definition) is 8. The number of methoxy groups -OCH3 is 2. The number of ether oxygens (including phenoxy) is 2. The molecule has 10 nitrogen and oxygen atoms in total. The lowest BCUT2D eigenvalue weighted by Crippen LogP contribution is -2.35. The highest BCUT2D eigenvalue weighted by Crippen LogP contribution is 2.42. The van der Waals surface area contributed by atoms with E-state index in [1.165, 1.54) is 0 Å². The number of carbonyl (C=O) groups is 2. The van der Waals surface area contributed by atoms with Crippen molar-refractivity contribution in [2.75, 3.05) is 40.4 Å². The summed E-state index contributed by atoms with van der Waals surface area (Å²) >= 11 is 14.2. The predicted molar refractivity (Wildman–Crippen MR) is 196 cm³/mol. The molecule has 50 heavy (non-hydrogen) atoms. The first-order valence-corrected chi connectivity index (χ1v) is 17.5. The van der Waals surface area contributed by atoms with E-state index in [1.807, 2.05) is 60.7 Å². The zero-order valence-electron chi connectivity index (χ0n) is 28.8. The summed E-state index contributed by atoms with van der Waals surface area (Å²) in [5.74, 6) is 1.05. The number of benzene rings is 2. The Morgan fingerprint density at radius 3 is 1.46 bits per heavy atom. The summed E-state index contributed by atoms with van der Waals surface area (Å²) in [6, 6.07) is 19.9. The smallest absolute Gasteiger partial charge is 0.218 e. The summed E-state index contributed by atoms with van der Waals surface area (Å²) < 4.78 is 11.4. The van der Waals surface area contributed by atoms with Crippen LogP contribution in [0.25, 0.3) is 33.6 Å². The van der Waals surface area contributed by atoms with Gasteiger partial charge in [0.25, 0.3) is 0 Å². The normalized spacial score (nSPS) is 17.9. The van der Waals surface area contributed by atoms with Crippen molar-refractivity contribution in [1.29, 1.82) is 0 Å². The van der Waals surface area contributed by atoms with Gasteiger partial charge in [-0.3, -0.25) is 19.4 Å². The van der Waals surface area contributed by atoms with Crippen molar-refractivity contribution in [2.24, 2.45) is 0 Å². The van der Waals surface area contributed by atoms with E-state index in [-0.39, 0.29) is 23.9 Å². The highest BCUT2D eigenvalue weighted by Gasteiger charge is 2.26. The predicted octanol–water partition coefficient (Wildman–Crippen LogP) is 6.22. The summed E-state index contributed by atoms with van der Waals surface area (Å²) in [6.45, 7) is 7.77. The van der Waals surface area contributed by atoms with Crippen LogP contribution in [0, 0.1) is 0 Å². The Morgan fingerprint density at radius 1 is 0.680 bits per heavy atom. The number of halogens is 2. The van der Waals surface area contributed by atoms with Crippen LogP contribution in [0.5, 0.6) is 11.8 Å². The first-order valence-electron chi connectivity index (χ1n) is 16.8. The lowest BCUT2D eigenvalue weighted by Gasteiger charge is -2.19. The number of aromatic nitrogens is 2. The zero-order chi connectivity index (χ0) is 35.4. The molecule has 2 unspecified atom stereocenters. The van der Waals surface area contributed by atoms with Crippen molar-refractivity contribution in [3.63, 3.8) is 0 Å². The van der Waals surface area contributed by atoms with Crippen molar-refractivity contribution in [1.82, 2.24) is 30.4 Å². The number of nitrogens with zero attached hydrogens (tertiary/aromatic N) is 4. The maximum atomic E-state index is 11.5. The molecule has 0 spiro atoms. The highest BCUT2D eigenvalue weighted by molar-refractivity contribution is 6.39. The van der Waals surface area contributed by atoms with E-state index in [0.29, 0.717) is 46.3 Å². The quantitative estimate of drug-likeness (QED) is 0.188. The third kappa shape index (κ3) is 8.05. The largest absolute Gasteiger partial charge is 0.481 e. The van der Waals surface area contributed by atoms with Gasteiger partial charge in [-0.15, -0.1) is 0 Å². The van der Waals surface area contributed by atoms with E-state index in [4.69, 9.17) is 42.6 Å². The van der Waals surface area contributed by atoms with Gasteiger partial charge < -0.3 is 20.1 Å². The maximum absolute atomic E-state index is 11.5. The van der Waals surface area contributed by atoms with Crippen LogP contribution >= 0.6 is 23.2 Å². The number of hydrogen-bond donors (Lipinski definition) is 2. The lowest BCUT2D eigenvalue weighted by atomic mass is 9.98. The molecule has 2 aromatic heterocycles. The van der Waals surface area contributed by atoms with Crippen LogP contribution in [0.4, 0.5) is 0 Å². The third-order valence-corrected chi connectivity index (χ3v) is 10.1. The van der Waals surface area contributed by atoms with Gasteiger partial charge in [-0.25, -0.2) is 9.97 Å². The van der Waals surface area contributed by atoms with E-state index in [9.17, 15) is 9.59 Å². The summed E-state index contributed by atoms with van der Waals surface area (Å²) in [6.07, 6.45) is 1.82. The average molecular weight is 718 g/mol. The van der Waals surface area contributed by atoms with Crippen molar-refractivity contribution in [2.45, 2.75) is 51.9 Å². The molecule has 2 N–H and O–H groups in total. The fourth-order valence-corrected chi connectivity index (χ4v) is 7.60. The minimum atomic E-state index is -0.00751. The molecular formula is C38H42Cl2N6O4. The molecule has 0 saturated carbocycles. The Morgan fingerprint density at radius 2 is 1.08 bits per heavy atom. The number of nitrogens with one attached hydrogen (secondary N) is 2. The van der Waals surface area contributed by atoms with Crippen LogP contribution in [0.15, 0.2) is 60.7 Å². The van der Waals surface area contributed by atoms with Crippen LogP contribution in [0.2, 0.25) is 10.0 Å². The van der Waals surface area contributed by atoms with Gasteiger partial charge in [0.2, 0.25) is 23.6 Å². The molecule has 2 aliphatic rings. The Labute approximate surface area is 303 Å². The fourth-order valence-electron chi connectivity index (χ4n) is 6.95. The molecule has 2 saturated heterocycles. The van der Waals surface area contributed by atoms with Crippen LogP contribution in [0.1, 0.15) is 37.8 Å². The summed E-state index contributed by atoms with van der Waals surface area (Å²) in [7, 11) is 3.24. The first-order chi connectivity index (χ1) is 24.1. The van der Waals surface area contributed by atoms with Crippen molar-refractivity contribution in [3.8, 4) is 45.4 Å². The topological polar surface area (TPSA) is 109 Å². The summed E-state index contributed by atoms with van der Waals surface area (Å²) in [4.78, 5) is 37.3. The minimum absolute atomic E-state index is 0.00751. The SMILES string of the molecule is COc1nc(-c2cccc(-c3cccc(-c4ccc(CN5CCC(NC(C)=O)C5)c(OC)n4)c3Cl)c2Cl)ccc1CN1CCC(NC(C)=O)C1. The molecule has 2 atom stereocenters. The highest BCUT2D eigenvalue weighted by atomic mass is 35.5. The zero-order valence-corrected chi connectivity index (χ0v) is 30.3. The monoisotopic (exact) mass is 716 g/mol. The molecule has 0 bridgehead atoms. The van der Waals surface area contributed by atoms with E-state index in [1.54, 1.807) is 28.1 Å². The van der Waals surface area contributed by atoms with Gasteiger partial charge in [0.15, 0.2) is 0 Å². The summed E-state index contributed by atoms with van der Waals surface area (Å²) in [5, 5.41) is 7.07. The maximum Gasteiger partial charge on any atom is 0.218 e. The first kappa shape index (κ1) is 35.6. The van der Waals surface area contributed by atoms with Crippen molar-refractivity contribution >= 4 is 35.0 Å². The van der Waals surface area contributed by atoms with E-state index in [2.05, 4.69) is 20.4 Å². The number of rotatable bonds is 11. The Balaban J connectivity index is 1.23. The minimum Gasteiger partial charge on any atom is -0.481 e. The second-order valence-electron chi connectivity index (χ2n) is 12.9. The second kappa shape index (κ2) is 15.8. The molecule has 12 heteroatoms. The number of amides is 2. The Hall–Kier alpha value is -4.22. The average Bonchev–Trinajstić information content (AvgIpc) is 3.73. The molecule has 2 aliphatic heterocycles. The number of likely N-dealkylation sites (tertiary alicyclic amines) is 2. The fraction of sp³-hybridized carbons (Fsp3) is 0.368. The van der Waals surface area contributed by atoms with Gasteiger partial charge in [-0.2, -0.15) is 0 Å². The molecule has 6 rings (SSSR count). The van der Waals surface area contributed by atoms with E-state index >= 15 is 0 Å². The van der Waals surface area contributed by atoms with Crippen LogP contribution in [-0.2, 0) is 22.7 Å². The van der Waals surface area contributed by atoms with Gasteiger partial charge in [0, 0.05) is 98.6 Å².